The number of ether oxygens (including phenoxy) is 1. The van der Waals surface area contributed by atoms with Gasteiger partial charge < -0.3 is 4.74 Å². The van der Waals surface area contributed by atoms with Crippen LogP contribution >= 0.6 is 0 Å². The van der Waals surface area contributed by atoms with E-state index in [-0.39, 0.29) is 12.0 Å². The summed E-state index contributed by atoms with van der Waals surface area (Å²) in [6, 6.07) is 6.02. The van der Waals surface area contributed by atoms with Crippen molar-refractivity contribution in [3.05, 3.63) is 30.1 Å². The Morgan fingerprint density at radius 2 is 2.12 bits per heavy atom. The quantitative estimate of drug-likeness (QED) is 0.794. The van der Waals surface area contributed by atoms with Crippen LogP contribution in [0, 0.1) is 5.82 Å². The largest absolute Gasteiger partial charge is 0.355 e. The summed E-state index contributed by atoms with van der Waals surface area (Å²) in [7, 11) is 0. The maximum Gasteiger partial charge on any atom is 0.205 e. The van der Waals surface area contributed by atoms with Gasteiger partial charge in [0.05, 0.1) is 0 Å². The molecule has 2 aromatic rings. The Hall–Kier alpha value is -1.82. The van der Waals surface area contributed by atoms with Gasteiger partial charge in [0.15, 0.2) is 6.23 Å². The summed E-state index contributed by atoms with van der Waals surface area (Å²) in [6.45, 7) is 0.734. The van der Waals surface area contributed by atoms with E-state index >= 15 is 0 Å². The van der Waals surface area contributed by atoms with Gasteiger partial charge in [-0.25, -0.2) is 4.39 Å². The highest BCUT2D eigenvalue weighted by Crippen LogP contribution is 2.22. The number of nitrogens with zero attached hydrogens (tertiary/aromatic N) is 4. The molecule has 1 saturated heterocycles. The van der Waals surface area contributed by atoms with Crippen LogP contribution in [0.4, 0.5) is 4.39 Å². The first kappa shape index (κ1) is 10.3. The Labute approximate surface area is 97.2 Å². The highest BCUT2D eigenvalue weighted by Gasteiger charge is 2.20. The average molecular weight is 234 g/mol. The number of tetrazole rings is 1. The minimum absolute atomic E-state index is 0.114. The fourth-order valence-electron chi connectivity index (χ4n) is 1.80. The minimum atomic E-state index is -0.278. The number of halogens is 1. The van der Waals surface area contributed by atoms with E-state index in [1.165, 1.54) is 16.9 Å². The molecule has 1 aliphatic heterocycles. The molecule has 0 N–H and O–H groups in total. The molecule has 88 valence electrons. The van der Waals surface area contributed by atoms with E-state index in [0.717, 1.165) is 25.0 Å². The van der Waals surface area contributed by atoms with Crippen molar-refractivity contribution in [2.45, 2.75) is 19.1 Å². The SMILES string of the molecule is Fc1ccc(-c2nnn(C3CCCO3)n2)cc1. The molecule has 0 aliphatic carbocycles. The Morgan fingerprint density at radius 1 is 1.29 bits per heavy atom. The van der Waals surface area contributed by atoms with E-state index in [4.69, 9.17) is 4.74 Å². The molecule has 1 aromatic carbocycles. The average Bonchev–Trinajstić information content (AvgIpc) is 3.00. The predicted molar refractivity (Wildman–Crippen MR) is 57.4 cm³/mol. The summed E-state index contributed by atoms with van der Waals surface area (Å²) < 4.78 is 18.2. The van der Waals surface area contributed by atoms with Gasteiger partial charge in [-0.2, -0.15) is 0 Å². The summed E-state index contributed by atoms with van der Waals surface area (Å²) >= 11 is 0. The van der Waals surface area contributed by atoms with Gasteiger partial charge in [-0.05, 0) is 42.3 Å². The molecule has 6 heteroatoms. The van der Waals surface area contributed by atoms with Crippen LogP contribution in [0.1, 0.15) is 19.1 Å². The molecule has 0 spiro atoms. The normalized spacial score (nSPS) is 19.7. The molecule has 1 unspecified atom stereocenters. The molecular weight excluding hydrogens is 223 g/mol. The van der Waals surface area contributed by atoms with Gasteiger partial charge in [0.25, 0.3) is 0 Å². The van der Waals surface area contributed by atoms with E-state index in [1.54, 1.807) is 12.1 Å². The first-order valence-corrected chi connectivity index (χ1v) is 5.50. The predicted octanol–water partition coefficient (Wildman–Crippen LogP) is 1.79. The number of hydrogen-bond donors (Lipinski definition) is 0. The van der Waals surface area contributed by atoms with Gasteiger partial charge in [-0.1, -0.05) is 0 Å². The zero-order valence-corrected chi connectivity index (χ0v) is 9.08. The van der Waals surface area contributed by atoms with Crippen molar-refractivity contribution in [3.63, 3.8) is 0 Å². The highest BCUT2D eigenvalue weighted by molar-refractivity contribution is 5.53. The zero-order chi connectivity index (χ0) is 11.7. The van der Waals surface area contributed by atoms with Gasteiger partial charge in [0.2, 0.25) is 5.82 Å². The van der Waals surface area contributed by atoms with Crippen molar-refractivity contribution in [1.82, 2.24) is 20.2 Å². The Balaban J connectivity index is 1.86. The Morgan fingerprint density at radius 3 is 2.82 bits per heavy atom. The van der Waals surface area contributed by atoms with Gasteiger partial charge in [0.1, 0.15) is 5.82 Å². The molecule has 1 fully saturated rings. The third kappa shape index (κ3) is 2.03. The number of aromatic nitrogens is 4. The summed E-state index contributed by atoms with van der Waals surface area (Å²) in [4.78, 5) is 1.48. The lowest BCUT2D eigenvalue weighted by Crippen LogP contribution is -2.10. The van der Waals surface area contributed by atoms with Crippen LogP contribution in [-0.4, -0.2) is 26.8 Å². The molecule has 3 rings (SSSR count). The van der Waals surface area contributed by atoms with Crippen LogP contribution in [0.15, 0.2) is 24.3 Å². The van der Waals surface area contributed by atoms with Crippen molar-refractivity contribution in [2.24, 2.45) is 0 Å². The third-order valence-corrected chi connectivity index (χ3v) is 2.69. The first-order valence-electron chi connectivity index (χ1n) is 5.50. The molecule has 0 bridgehead atoms. The Kier molecular flexibility index (Phi) is 2.56. The molecule has 0 radical (unpaired) electrons. The fraction of sp³-hybridized carbons (Fsp3) is 0.364. The molecular formula is C11H11FN4O. The van der Waals surface area contributed by atoms with E-state index in [0.29, 0.717) is 5.82 Å². The molecule has 1 aromatic heterocycles. The van der Waals surface area contributed by atoms with Gasteiger partial charge in [-0.3, -0.25) is 0 Å². The molecule has 1 atom stereocenters. The number of rotatable bonds is 2. The van der Waals surface area contributed by atoms with E-state index in [1.807, 2.05) is 0 Å². The topological polar surface area (TPSA) is 52.8 Å². The second kappa shape index (κ2) is 4.21. The number of hydrogen-bond acceptors (Lipinski definition) is 4. The zero-order valence-electron chi connectivity index (χ0n) is 9.08. The van der Waals surface area contributed by atoms with E-state index in [2.05, 4.69) is 15.4 Å². The maximum absolute atomic E-state index is 12.8. The van der Waals surface area contributed by atoms with Crippen LogP contribution in [-0.2, 0) is 4.74 Å². The molecule has 0 saturated carbocycles. The van der Waals surface area contributed by atoms with Crippen LogP contribution < -0.4 is 0 Å². The summed E-state index contributed by atoms with van der Waals surface area (Å²) in [5.74, 6) is 0.209. The minimum Gasteiger partial charge on any atom is -0.355 e. The number of benzene rings is 1. The lowest BCUT2D eigenvalue weighted by molar-refractivity contribution is 0.0342. The standard InChI is InChI=1S/C11H11FN4O/c12-9-5-3-8(4-6-9)11-13-15-16(14-11)10-2-1-7-17-10/h3-6,10H,1-2,7H2. The van der Waals surface area contributed by atoms with Gasteiger partial charge >= 0.3 is 0 Å². The van der Waals surface area contributed by atoms with Crippen molar-refractivity contribution in [2.75, 3.05) is 6.61 Å². The monoisotopic (exact) mass is 234 g/mol. The lowest BCUT2D eigenvalue weighted by Gasteiger charge is -2.05. The van der Waals surface area contributed by atoms with Gasteiger partial charge in [0, 0.05) is 12.2 Å². The second-order valence-electron chi connectivity index (χ2n) is 3.91. The summed E-state index contributed by atoms with van der Waals surface area (Å²) in [5.41, 5.74) is 0.746. The van der Waals surface area contributed by atoms with Crippen molar-refractivity contribution >= 4 is 0 Å². The second-order valence-corrected chi connectivity index (χ2v) is 3.91. The first-order chi connectivity index (χ1) is 8.33. The van der Waals surface area contributed by atoms with Gasteiger partial charge in [-0.15, -0.1) is 15.0 Å². The molecule has 0 amide bonds. The summed E-state index contributed by atoms with van der Waals surface area (Å²) in [5, 5.41) is 12.1. The van der Waals surface area contributed by atoms with Crippen molar-refractivity contribution in [3.8, 4) is 11.4 Å². The molecule has 1 aliphatic rings. The van der Waals surface area contributed by atoms with E-state index in [9.17, 15) is 4.39 Å². The Bertz CT molecular complexity index is 504. The maximum atomic E-state index is 12.8. The smallest absolute Gasteiger partial charge is 0.205 e. The van der Waals surface area contributed by atoms with Crippen LogP contribution in [0.2, 0.25) is 0 Å². The van der Waals surface area contributed by atoms with E-state index < -0.39 is 0 Å². The highest BCUT2D eigenvalue weighted by atomic mass is 19.1. The van der Waals surface area contributed by atoms with Crippen LogP contribution in [0.3, 0.4) is 0 Å². The van der Waals surface area contributed by atoms with Crippen LogP contribution in [0.25, 0.3) is 11.4 Å². The van der Waals surface area contributed by atoms with Crippen molar-refractivity contribution < 1.29 is 9.13 Å². The fourth-order valence-corrected chi connectivity index (χ4v) is 1.80. The molecule has 2 heterocycles. The molecule has 5 nitrogen and oxygen atoms in total. The van der Waals surface area contributed by atoms with Crippen molar-refractivity contribution in [1.29, 1.82) is 0 Å². The summed E-state index contributed by atoms with van der Waals surface area (Å²) in [6.07, 6.45) is 1.80. The molecule has 17 heavy (non-hydrogen) atoms. The lowest BCUT2D eigenvalue weighted by atomic mass is 10.2. The van der Waals surface area contributed by atoms with Crippen LogP contribution in [0.5, 0.6) is 0 Å². The third-order valence-electron chi connectivity index (χ3n) is 2.69.